The van der Waals surface area contributed by atoms with Gasteiger partial charge in [-0.3, -0.25) is 0 Å². The van der Waals surface area contributed by atoms with E-state index in [1.54, 1.807) is 0 Å². The number of nitrogens with zero attached hydrogens (tertiary/aromatic N) is 1. The Labute approximate surface area is 108 Å². The predicted molar refractivity (Wildman–Crippen MR) is 75.9 cm³/mol. The van der Waals surface area contributed by atoms with Gasteiger partial charge in [0.2, 0.25) is 0 Å². The molecule has 0 saturated heterocycles. The second-order valence-corrected chi connectivity index (χ2v) is 4.85. The lowest BCUT2D eigenvalue weighted by atomic mass is 10.0. The van der Waals surface area contributed by atoms with Crippen molar-refractivity contribution in [2.75, 3.05) is 13.2 Å². The van der Waals surface area contributed by atoms with Gasteiger partial charge in [-0.05, 0) is 50.9 Å². The Bertz CT molecular complexity index is 543. The number of aliphatic hydroxyl groups excluding tert-OH is 1. The Morgan fingerprint density at radius 2 is 2.06 bits per heavy atom. The average Bonchev–Trinajstić information content (AvgIpc) is 2.60. The molecule has 0 unspecified atom stereocenters. The van der Waals surface area contributed by atoms with Gasteiger partial charge in [0.1, 0.15) is 0 Å². The lowest BCUT2D eigenvalue weighted by Crippen LogP contribution is -2.05. The van der Waals surface area contributed by atoms with Gasteiger partial charge in [0, 0.05) is 23.1 Å². The quantitative estimate of drug-likeness (QED) is 0.849. The molecule has 3 heteroatoms. The van der Waals surface area contributed by atoms with Gasteiger partial charge in [-0.1, -0.05) is 11.6 Å². The van der Waals surface area contributed by atoms with E-state index >= 15 is 0 Å². The van der Waals surface area contributed by atoms with E-state index in [1.807, 2.05) is 0 Å². The molecule has 0 aliphatic rings. The van der Waals surface area contributed by atoms with Crippen LogP contribution in [-0.4, -0.2) is 22.8 Å². The van der Waals surface area contributed by atoms with E-state index in [-0.39, 0.29) is 6.61 Å². The van der Waals surface area contributed by atoms with Gasteiger partial charge in [0.25, 0.3) is 0 Å². The van der Waals surface area contributed by atoms with Crippen LogP contribution in [0.2, 0.25) is 0 Å². The third-order valence-electron chi connectivity index (χ3n) is 3.56. The van der Waals surface area contributed by atoms with Crippen molar-refractivity contribution in [2.45, 2.75) is 33.2 Å². The van der Waals surface area contributed by atoms with Gasteiger partial charge in [-0.25, -0.2) is 0 Å². The smallest absolute Gasteiger partial charge is 0.0610 e. The number of aryl methyl sites for hydroxylation is 2. The van der Waals surface area contributed by atoms with Crippen LogP contribution in [0.3, 0.4) is 0 Å². The van der Waals surface area contributed by atoms with Crippen molar-refractivity contribution in [3.8, 4) is 0 Å². The maximum atomic E-state index is 9.20. The van der Waals surface area contributed by atoms with Gasteiger partial charge < -0.3 is 15.4 Å². The number of nitrogens with two attached hydrogens (primary N) is 1. The molecular formula is C15H22N2O. The maximum Gasteiger partial charge on any atom is 0.0610 e. The third-order valence-corrected chi connectivity index (χ3v) is 3.56. The summed E-state index contributed by atoms with van der Waals surface area (Å²) >= 11 is 0. The van der Waals surface area contributed by atoms with Crippen molar-refractivity contribution < 1.29 is 5.11 Å². The second-order valence-electron chi connectivity index (χ2n) is 4.85. The van der Waals surface area contributed by atoms with Crippen LogP contribution >= 0.6 is 0 Å². The van der Waals surface area contributed by atoms with Gasteiger partial charge >= 0.3 is 0 Å². The highest BCUT2D eigenvalue weighted by atomic mass is 16.3. The lowest BCUT2D eigenvalue weighted by molar-refractivity contribution is 0.277. The van der Waals surface area contributed by atoms with Gasteiger partial charge in [0.15, 0.2) is 0 Å². The molecule has 98 valence electrons. The first-order valence-corrected chi connectivity index (χ1v) is 6.58. The molecule has 2 rings (SSSR count). The lowest BCUT2D eigenvalue weighted by Gasteiger charge is -2.06. The molecule has 3 N–H and O–H groups in total. The number of rotatable bonds is 5. The van der Waals surface area contributed by atoms with Crippen LogP contribution in [0, 0.1) is 13.8 Å². The van der Waals surface area contributed by atoms with E-state index in [1.165, 1.54) is 27.7 Å². The monoisotopic (exact) mass is 246 g/mol. The molecule has 0 saturated carbocycles. The number of hydrogen-bond donors (Lipinski definition) is 2. The minimum Gasteiger partial charge on any atom is -0.395 e. The van der Waals surface area contributed by atoms with Crippen molar-refractivity contribution in [3.05, 3.63) is 35.0 Å². The van der Waals surface area contributed by atoms with E-state index in [2.05, 4.69) is 36.6 Å². The van der Waals surface area contributed by atoms with Crippen LogP contribution in [0.5, 0.6) is 0 Å². The number of aromatic nitrogens is 1. The van der Waals surface area contributed by atoms with Gasteiger partial charge in [-0.2, -0.15) is 0 Å². The van der Waals surface area contributed by atoms with Crippen molar-refractivity contribution in [1.82, 2.24) is 4.57 Å². The predicted octanol–water partition coefficient (Wildman–Crippen LogP) is 2.14. The van der Waals surface area contributed by atoms with E-state index in [4.69, 9.17) is 5.73 Å². The summed E-state index contributed by atoms with van der Waals surface area (Å²) in [6.45, 7) is 5.81. The Hall–Kier alpha value is -1.32. The van der Waals surface area contributed by atoms with Crippen molar-refractivity contribution in [1.29, 1.82) is 0 Å². The molecule has 0 spiro atoms. The molecule has 1 heterocycles. The maximum absolute atomic E-state index is 9.20. The Morgan fingerprint density at radius 1 is 1.28 bits per heavy atom. The zero-order valence-corrected chi connectivity index (χ0v) is 11.2. The fourth-order valence-electron chi connectivity index (χ4n) is 2.65. The summed E-state index contributed by atoms with van der Waals surface area (Å²) in [5.74, 6) is 0. The average molecular weight is 246 g/mol. The minimum atomic E-state index is 0.175. The minimum absolute atomic E-state index is 0.175. The number of benzene rings is 1. The number of aliphatic hydroxyl groups is 1. The van der Waals surface area contributed by atoms with Crippen LogP contribution in [0.1, 0.15) is 23.2 Å². The Balaban J connectivity index is 2.59. The highest BCUT2D eigenvalue weighted by Crippen LogP contribution is 2.27. The third kappa shape index (κ3) is 2.28. The molecule has 2 aromatic rings. The molecule has 18 heavy (non-hydrogen) atoms. The normalized spacial score (nSPS) is 11.3. The zero-order chi connectivity index (χ0) is 13.1. The van der Waals surface area contributed by atoms with Crippen LogP contribution in [0.25, 0.3) is 10.9 Å². The molecule has 0 bridgehead atoms. The van der Waals surface area contributed by atoms with Crippen molar-refractivity contribution in [2.24, 2.45) is 5.73 Å². The standard InChI is InChI=1S/C15H22N2O/c1-11-5-6-15-14(10-11)13(4-3-7-16)12(2)17(15)8-9-18/h5-6,10,18H,3-4,7-9,16H2,1-2H3. The van der Waals surface area contributed by atoms with E-state index in [0.717, 1.165) is 19.4 Å². The Morgan fingerprint density at radius 3 is 2.72 bits per heavy atom. The topological polar surface area (TPSA) is 51.2 Å². The summed E-state index contributed by atoms with van der Waals surface area (Å²) in [6, 6.07) is 6.52. The first kappa shape index (κ1) is 13.1. The van der Waals surface area contributed by atoms with Crippen LogP contribution < -0.4 is 5.73 Å². The Kier molecular flexibility index (Phi) is 4.04. The number of hydrogen-bond acceptors (Lipinski definition) is 2. The summed E-state index contributed by atoms with van der Waals surface area (Å²) in [5.41, 5.74) is 10.8. The molecule has 3 nitrogen and oxygen atoms in total. The summed E-state index contributed by atoms with van der Waals surface area (Å²) in [7, 11) is 0. The molecule has 1 aromatic heterocycles. The molecule has 1 aromatic carbocycles. The van der Waals surface area contributed by atoms with Crippen LogP contribution in [0.15, 0.2) is 18.2 Å². The van der Waals surface area contributed by atoms with Crippen molar-refractivity contribution in [3.63, 3.8) is 0 Å². The van der Waals surface area contributed by atoms with Crippen molar-refractivity contribution >= 4 is 10.9 Å². The van der Waals surface area contributed by atoms with Crippen LogP contribution in [0.4, 0.5) is 0 Å². The molecule has 0 fully saturated rings. The fourth-order valence-corrected chi connectivity index (χ4v) is 2.65. The van der Waals surface area contributed by atoms with Gasteiger partial charge in [-0.15, -0.1) is 0 Å². The molecule has 0 aliphatic heterocycles. The summed E-state index contributed by atoms with van der Waals surface area (Å²) in [6.07, 6.45) is 2.02. The molecule has 0 atom stereocenters. The highest BCUT2D eigenvalue weighted by molar-refractivity contribution is 5.86. The zero-order valence-electron chi connectivity index (χ0n) is 11.2. The van der Waals surface area contributed by atoms with E-state index in [9.17, 15) is 5.11 Å². The first-order chi connectivity index (χ1) is 8.69. The second kappa shape index (κ2) is 5.55. The van der Waals surface area contributed by atoms with E-state index < -0.39 is 0 Å². The first-order valence-electron chi connectivity index (χ1n) is 6.58. The summed E-state index contributed by atoms with van der Waals surface area (Å²) in [4.78, 5) is 0. The van der Waals surface area contributed by atoms with E-state index in [0.29, 0.717) is 6.54 Å². The molecule has 0 radical (unpaired) electrons. The molecule has 0 amide bonds. The number of fused-ring (bicyclic) bond motifs is 1. The molecule has 0 aliphatic carbocycles. The summed E-state index contributed by atoms with van der Waals surface area (Å²) in [5, 5.41) is 10.5. The summed E-state index contributed by atoms with van der Waals surface area (Å²) < 4.78 is 2.21. The highest BCUT2D eigenvalue weighted by Gasteiger charge is 2.13. The molecular weight excluding hydrogens is 224 g/mol. The largest absolute Gasteiger partial charge is 0.395 e. The van der Waals surface area contributed by atoms with Crippen LogP contribution in [-0.2, 0) is 13.0 Å². The van der Waals surface area contributed by atoms with Gasteiger partial charge in [0.05, 0.1) is 6.61 Å². The SMILES string of the molecule is Cc1ccc2c(c1)c(CCCN)c(C)n2CCO. The fraction of sp³-hybridized carbons (Fsp3) is 0.467.